The zero-order chi connectivity index (χ0) is 19.2. The molecule has 2 heterocycles. The first-order valence-corrected chi connectivity index (χ1v) is 9.62. The molecule has 0 amide bonds. The van der Waals surface area contributed by atoms with Crippen LogP contribution in [0.1, 0.15) is 30.0 Å². The topological polar surface area (TPSA) is 16.1 Å². The van der Waals surface area contributed by atoms with E-state index in [1.807, 2.05) is 6.07 Å². The van der Waals surface area contributed by atoms with Gasteiger partial charge in [-0.2, -0.15) is 0 Å². The van der Waals surface area contributed by atoms with E-state index in [4.69, 9.17) is 4.98 Å². The smallest absolute Gasteiger partial charge is 0.270 e. The first-order valence-electron chi connectivity index (χ1n) is 8.83. The second-order valence-corrected chi connectivity index (χ2v) is 7.91. The molecule has 0 atom stereocenters. The number of rotatable bonds is 4. The van der Waals surface area contributed by atoms with Crippen molar-refractivity contribution in [3.05, 3.63) is 69.4 Å². The molecule has 1 saturated heterocycles. The summed E-state index contributed by atoms with van der Waals surface area (Å²) in [5, 5.41) is 0.459. The molecule has 0 bridgehead atoms. The standard InChI is InChI=1S/C21H18BrF3N2/c1-21(24,25)14-5-3-13(4-6-14)11-17-19(23)16-12-15(22)7-8-18(16)26-20(17)27-9-2-10-27/h3-8,12H,2,9-11H2,1H3. The van der Waals surface area contributed by atoms with Gasteiger partial charge >= 0.3 is 0 Å². The summed E-state index contributed by atoms with van der Waals surface area (Å²) in [5.41, 5.74) is 1.86. The average molecular weight is 435 g/mol. The zero-order valence-electron chi connectivity index (χ0n) is 14.8. The van der Waals surface area contributed by atoms with Crippen molar-refractivity contribution >= 4 is 32.7 Å². The maximum atomic E-state index is 15.4. The van der Waals surface area contributed by atoms with Crippen LogP contribution in [0.2, 0.25) is 0 Å². The van der Waals surface area contributed by atoms with Crippen LogP contribution in [-0.4, -0.2) is 18.1 Å². The lowest BCUT2D eigenvalue weighted by Crippen LogP contribution is -2.38. The Balaban J connectivity index is 1.78. The number of benzene rings is 2. The van der Waals surface area contributed by atoms with Crippen LogP contribution in [0.4, 0.5) is 19.0 Å². The van der Waals surface area contributed by atoms with E-state index in [0.717, 1.165) is 36.5 Å². The van der Waals surface area contributed by atoms with E-state index in [0.29, 0.717) is 28.7 Å². The molecule has 1 aliphatic heterocycles. The number of halogens is 4. The van der Waals surface area contributed by atoms with Gasteiger partial charge in [0.1, 0.15) is 11.6 Å². The molecule has 0 saturated carbocycles. The van der Waals surface area contributed by atoms with Crippen LogP contribution in [0.5, 0.6) is 0 Å². The minimum Gasteiger partial charge on any atom is -0.356 e. The Labute approximate surface area is 164 Å². The summed E-state index contributed by atoms with van der Waals surface area (Å²) in [6.07, 6.45) is 1.37. The molecule has 1 aliphatic rings. The Bertz CT molecular complexity index is 993. The number of aromatic nitrogens is 1. The number of anilines is 1. The molecule has 0 radical (unpaired) electrons. The quantitative estimate of drug-likeness (QED) is 0.496. The summed E-state index contributed by atoms with van der Waals surface area (Å²) in [6, 6.07) is 11.4. The monoisotopic (exact) mass is 434 g/mol. The van der Waals surface area contributed by atoms with E-state index in [2.05, 4.69) is 20.8 Å². The van der Waals surface area contributed by atoms with Gasteiger partial charge in [-0.3, -0.25) is 0 Å². The van der Waals surface area contributed by atoms with E-state index in [9.17, 15) is 8.78 Å². The molecular formula is C21H18BrF3N2. The molecule has 3 aromatic rings. The number of nitrogens with zero attached hydrogens (tertiary/aromatic N) is 2. The minimum atomic E-state index is -2.89. The Morgan fingerprint density at radius 2 is 1.81 bits per heavy atom. The van der Waals surface area contributed by atoms with Crippen LogP contribution in [0, 0.1) is 5.82 Å². The summed E-state index contributed by atoms with van der Waals surface area (Å²) < 4.78 is 43.0. The van der Waals surface area contributed by atoms with Gasteiger partial charge in [0.15, 0.2) is 0 Å². The van der Waals surface area contributed by atoms with Gasteiger partial charge in [-0.05, 0) is 30.2 Å². The van der Waals surface area contributed by atoms with Crippen LogP contribution in [0.3, 0.4) is 0 Å². The third kappa shape index (κ3) is 3.55. The number of fused-ring (bicyclic) bond motifs is 1. The second kappa shape index (κ2) is 6.82. The Morgan fingerprint density at radius 1 is 1.11 bits per heavy atom. The number of hydrogen-bond acceptors (Lipinski definition) is 2. The molecule has 4 rings (SSSR count). The Morgan fingerprint density at radius 3 is 2.41 bits per heavy atom. The molecule has 0 spiro atoms. The highest BCUT2D eigenvalue weighted by Gasteiger charge is 2.25. The summed E-state index contributed by atoms with van der Waals surface area (Å²) in [6.45, 7) is 2.57. The Kier molecular flexibility index (Phi) is 4.62. The van der Waals surface area contributed by atoms with Crippen molar-refractivity contribution < 1.29 is 13.2 Å². The number of hydrogen-bond donors (Lipinski definition) is 0. The van der Waals surface area contributed by atoms with Crippen molar-refractivity contribution in [3.8, 4) is 0 Å². The summed E-state index contributed by atoms with van der Waals surface area (Å²) in [5.74, 6) is -2.53. The fourth-order valence-electron chi connectivity index (χ4n) is 3.29. The molecular weight excluding hydrogens is 417 g/mol. The summed E-state index contributed by atoms with van der Waals surface area (Å²) in [7, 11) is 0. The van der Waals surface area contributed by atoms with Gasteiger partial charge in [0, 0.05) is 47.4 Å². The van der Waals surface area contributed by atoms with Crippen molar-refractivity contribution in [1.82, 2.24) is 4.98 Å². The van der Waals surface area contributed by atoms with Gasteiger partial charge in [-0.1, -0.05) is 40.2 Å². The highest BCUT2D eigenvalue weighted by molar-refractivity contribution is 9.10. The first kappa shape index (κ1) is 18.3. The maximum absolute atomic E-state index is 15.4. The average Bonchev–Trinajstić information content (AvgIpc) is 2.57. The van der Waals surface area contributed by atoms with Crippen molar-refractivity contribution in [1.29, 1.82) is 0 Å². The van der Waals surface area contributed by atoms with Crippen molar-refractivity contribution in [2.45, 2.75) is 25.7 Å². The predicted octanol–water partition coefficient (Wildman–Crippen LogP) is 6.05. The van der Waals surface area contributed by atoms with Crippen molar-refractivity contribution in [2.75, 3.05) is 18.0 Å². The molecule has 6 heteroatoms. The molecule has 1 aromatic heterocycles. The fourth-order valence-corrected chi connectivity index (χ4v) is 3.65. The first-order chi connectivity index (χ1) is 12.8. The van der Waals surface area contributed by atoms with Crippen LogP contribution in [0.25, 0.3) is 10.9 Å². The van der Waals surface area contributed by atoms with Crippen LogP contribution in [0.15, 0.2) is 46.9 Å². The van der Waals surface area contributed by atoms with Gasteiger partial charge in [0.05, 0.1) is 5.52 Å². The van der Waals surface area contributed by atoms with Crippen LogP contribution in [-0.2, 0) is 12.3 Å². The van der Waals surface area contributed by atoms with Gasteiger partial charge in [0.25, 0.3) is 5.92 Å². The van der Waals surface area contributed by atoms with Gasteiger partial charge in [0.2, 0.25) is 0 Å². The lowest BCUT2D eigenvalue weighted by Gasteiger charge is -2.34. The fraction of sp³-hybridized carbons (Fsp3) is 0.286. The number of pyridine rings is 1. The SMILES string of the molecule is CC(F)(F)c1ccc(Cc2c(N3CCC3)nc3ccc(Br)cc3c2F)cc1. The lowest BCUT2D eigenvalue weighted by atomic mass is 9.99. The molecule has 27 heavy (non-hydrogen) atoms. The summed E-state index contributed by atoms with van der Waals surface area (Å²) in [4.78, 5) is 6.76. The van der Waals surface area contributed by atoms with E-state index in [1.54, 1.807) is 24.3 Å². The summed E-state index contributed by atoms with van der Waals surface area (Å²) >= 11 is 3.38. The molecule has 0 unspecified atom stereocenters. The molecule has 0 aliphatic carbocycles. The lowest BCUT2D eigenvalue weighted by molar-refractivity contribution is 0.0174. The third-order valence-electron chi connectivity index (χ3n) is 4.95. The van der Waals surface area contributed by atoms with E-state index < -0.39 is 5.92 Å². The van der Waals surface area contributed by atoms with E-state index in [-0.39, 0.29) is 11.4 Å². The number of alkyl halides is 2. The van der Waals surface area contributed by atoms with Crippen LogP contribution >= 0.6 is 15.9 Å². The normalized spacial score (nSPS) is 14.5. The highest BCUT2D eigenvalue weighted by Crippen LogP contribution is 2.34. The van der Waals surface area contributed by atoms with E-state index >= 15 is 4.39 Å². The zero-order valence-corrected chi connectivity index (χ0v) is 16.4. The molecule has 140 valence electrons. The second-order valence-electron chi connectivity index (χ2n) is 6.99. The van der Waals surface area contributed by atoms with Crippen molar-refractivity contribution in [3.63, 3.8) is 0 Å². The molecule has 1 fully saturated rings. The van der Waals surface area contributed by atoms with E-state index in [1.165, 1.54) is 12.1 Å². The molecule has 2 aromatic carbocycles. The van der Waals surface area contributed by atoms with Gasteiger partial charge in [-0.25, -0.2) is 18.2 Å². The van der Waals surface area contributed by atoms with Gasteiger partial charge < -0.3 is 4.90 Å². The largest absolute Gasteiger partial charge is 0.356 e. The van der Waals surface area contributed by atoms with Gasteiger partial charge in [-0.15, -0.1) is 0 Å². The predicted molar refractivity (Wildman–Crippen MR) is 105 cm³/mol. The maximum Gasteiger partial charge on any atom is 0.270 e. The van der Waals surface area contributed by atoms with Crippen molar-refractivity contribution in [2.24, 2.45) is 0 Å². The highest BCUT2D eigenvalue weighted by atomic mass is 79.9. The Hall–Kier alpha value is -2.08. The molecule has 2 nitrogen and oxygen atoms in total. The minimum absolute atomic E-state index is 0.0461. The third-order valence-corrected chi connectivity index (χ3v) is 5.45. The molecule has 0 N–H and O–H groups in total. The van der Waals surface area contributed by atoms with Crippen LogP contribution < -0.4 is 4.90 Å².